The number of alkyl halides is 3. The van der Waals surface area contributed by atoms with Crippen molar-refractivity contribution in [2.45, 2.75) is 13.1 Å². The van der Waals surface area contributed by atoms with Crippen molar-refractivity contribution in [3.05, 3.63) is 228 Å². The number of aromatic hydroxyl groups is 1. The first-order valence-corrected chi connectivity index (χ1v) is 22.3. The summed E-state index contributed by atoms with van der Waals surface area (Å²) in [4.78, 5) is 23.0. The number of halogens is 3. The Morgan fingerprint density at radius 2 is 0.984 bits per heavy atom. The van der Waals surface area contributed by atoms with Crippen LogP contribution in [0.25, 0.3) is 21.7 Å². The summed E-state index contributed by atoms with van der Waals surface area (Å²) >= 11 is 0. The number of rotatable bonds is 8. The molecule has 0 aliphatic carbocycles. The predicted octanol–water partition coefficient (Wildman–Crippen LogP) is 10.8. The summed E-state index contributed by atoms with van der Waals surface area (Å²) < 4.78 is 69.8. The molecule has 0 saturated heterocycles. The molecule has 0 bridgehead atoms. The van der Waals surface area contributed by atoms with E-state index in [4.69, 9.17) is 4.42 Å². The van der Waals surface area contributed by atoms with E-state index < -0.39 is 43.2 Å². The smallest absolute Gasteiger partial charge is 0.455 e. The number of fused-ring (bicyclic) bond motifs is 3. The summed E-state index contributed by atoms with van der Waals surface area (Å²) in [5.41, 5.74) is -3.00. The van der Waals surface area contributed by atoms with Crippen LogP contribution >= 0.6 is 14.3 Å². The van der Waals surface area contributed by atoms with Gasteiger partial charge in [0, 0.05) is 77.2 Å². The molecule has 314 valence electrons. The maximum absolute atomic E-state index is 13.8. The number of Topliss-reactive ketones (excluding diaryl/α,β-unsaturated/α-hetero) is 1. The van der Waals surface area contributed by atoms with Crippen LogP contribution in [0, 0.1) is 39.9 Å². The summed E-state index contributed by atoms with van der Waals surface area (Å²) in [7, 11) is -5.57. The minimum absolute atomic E-state index is 0. The van der Waals surface area contributed by atoms with Gasteiger partial charge in [-0.15, -0.1) is 0 Å². The van der Waals surface area contributed by atoms with E-state index in [9.17, 15) is 37.0 Å². The molecule has 1 heterocycles. The normalized spacial score (nSPS) is 11.6. The Kier molecular flexibility index (Phi) is 16.2. The summed E-state index contributed by atoms with van der Waals surface area (Å²) in [5.74, 6) is -3.46. The fourth-order valence-electron chi connectivity index (χ4n) is 6.77. The van der Waals surface area contributed by atoms with Gasteiger partial charge in [-0.05, 0) is 18.4 Å². The van der Waals surface area contributed by atoms with Crippen molar-refractivity contribution in [3.8, 4) is 5.75 Å². The Morgan fingerprint density at radius 3 is 1.37 bits per heavy atom. The van der Waals surface area contributed by atoms with Crippen molar-refractivity contribution in [1.82, 2.24) is 0 Å². The predicted molar refractivity (Wildman–Crippen MR) is 242 cm³/mol. The van der Waals surface area contributed by atoms with E-state index in [-0.39, 0.29) is 50.9 Å². The van der Waals surface area contributed by atoms with E-state index in [0.29, 0.717) is 10.8 Å². The SMILES string of the molecule is C=C/C(=C\C)P(=O)(c1ccccc1)c1ccccc1.O=C(c1c(O)c2ccc3ccccc3c2oc1=O)C(F)(F)F.O=P(c1ccccc1)(c1ccccc1)c1ccccc1.[Gd]. The van der Waals surface area contributed by atoms with Gasteiger partial charge in [0.2, 0.25) is 0 Å². The molecular formula is C50H39F3GdO6P2. The molecule has 0 saturated carbocycles. The molecule has 0 aliphatic rings. The van der Waals surface area contributed by atoms with Crippen molar-refractivity contribution in [2.24, 2.45) is 0 Å². The van der Waals surface area contributed by atoms with Crippen LogP contribution in [0.1, 0.15) is 17.3 Å². The molecule has 12 heteroatoms. The van der Waals surface area contributed by atoms with Crippen LogP contribution < -0.4 is 32.1 Å². The molecule has 0 radical (unpaired) electrons. The van der Waals surface area contributed by atoms with E-state index in [1.807, 2.05) is 165 Å². The topological polar surface area (TPSA) is 102 Å². The number of benzene rings is 7. The van der Waals surface area contributed by atoms with Gasteiger partial charge in [0.1, 0.15) is 11.3 Å². The van der Waals surface area contributed by atoms with E-state index in [0.717, 1.165) is 31.8 Å². The van der Waals surface area contributed by atoms with Crippen LogP contribution in [0.2, 0.25) is 0 Å². The largest absolute Gasteiger partial charge is 0.506 e. The third kappa shape index (κ3) is 10.1. The minimum Gasteiger partial charge on any atom is -0.506 e. The van der Waals surface area contributed by atoms with E-state index in [2.05, 4.69) is 6.58 Å². The maximum atomic E-state index is 13.8. The molecular weight excluding hydrogens is 973 g/mol. The third-order valence-electron chi connectivity index (χ3n) is 9.72. The number of carbonyl (C=O) groups excluding carboxylic acids is 1. The molecule has 1 N–H and O–H groups in total. The third-order valence-corrected chi connectivity index (χ3v) is 16.0. The van der Waals surface area contributed by atoms with Gasteiger partial charge in [-0.25, -0.2) is 4.79 Å². The first-order chi connectivity index (χ1) is 29.3. The van der Waals surface area contributed by atoms with Crippen LogP contribution in [-0.2, 0) is 9.13 Å². The van der Waals surface area contributed by atoms with Crippen LogP contribution in [0.3, 0.4) is 0 Å². The first kappa shape index (κ1) is 47.6. The Morgan fingerprint density at radius 1 is 0.597 bits per heavy atom. The van der Waals surface area contributed by atoms with Crippen LogP contribution in [0.15, 0.2) is 221 Å². The number of ketones is 1. The molecule has 0 spiro atoms. The first-order valence-electron chi connectivity index (χ1n) is 18.9. The van der Waals surface area contributed by atoms with Crippen molar-refractivity contribution < 1.29 is 76.6 Å². The Hall–Kier alpha value is -5.47. The molecule has 0 aliphatic heterocycles. The van der Waals surface area contributed by atoms with Gasteiger partial charge in [0.25, 0.3) is 5.78 Å². The Bertz CT molecular complexity index is 2830. The van der Waals surface area contributed by atoms with Gasteiger partial charge in [-0.2, -0.15) is 13.2 Å². The standard InChI is InChI=1S/C18H15OP.C17H17OP.C15H7F3O4.Gd/c19-20(16-10-4-1-5-11-16,17-12-6-2-7-13-17)18-14-8-3-9-15-18;1-3-15(4-2)19(18,16-11-7-5-8-12-16)17-13-9-6-10-14-17;16-15(17,18)13(20)10-11(19)9-6-5-7-3-1-2-4-8(7)12(9)22-14(10)21;/h1-15H;3-14H,1H2,2H3;1-6,19H;/b;15-4+;;. The summed E-state index contributed by atoms with van der Waals surface area (Å²) in [6.45, 7) is 5.71. The van der Waals surface area contributed by atoms with Gasteiger partial charge in [0.15, 0.2) is 19.8 Å². The molecule has 8 rings (SSSR count). The van der Waals surface area contributed by atoms with Gasteiger partial charge >= 0.3 is 11.8 Å². The van der Waals surface area contributed by atoms with E-state index >= 15 is 0 Å². The maximum Gasteiger partial charge on any atom is 0.455 e. The number of hydrogen-bond donors (Lipinski definition) is 1. The zero-order valence-corrected chi connectivity index (χ0v) is 37.2. The van der Waals surface area contributed by atoms with Gasteiger partial charge in [-0.3, -0.25) is 4.79 Å². The monoisotopic (exact) mass is 1010 g/mol. The molecule has 0 atom stereocenters. The van der Waals surface area contributed by atoms with Gasteiger partial charge in [-0.1, -0.05) is 201 Å². The van der Waals surface area contributed by atoms with E-state index in [1.54, 1.807) is 36.4 Å². The fourth-order valence-corrected chi connectivity index (χ4v) is 12.1. The molecule has 7 aromatic carbocycles. The van der Waals surface area contributed by atoms with Crippen LogP contribution in [-0.4, -0.2) is 17.1 Å². The second-order valence-corrected chi connectivity index (χ2v) is 19.0. The molecule has 0 unspecified atom stereocenters. The number of carbonyl (C=O) groups is 1. The van der Waals surface area contributed by atoms with Gasteiger partial charge < -0.3 is 18.7 Å². The molecule has 0 fully saturated rings. The quantitative estimate of drug-likeness (QED) is 0.0535. The number of allylic oxidation sites excluding steroid dienone is 3. The Balaban J connectivity index is 0.000000175. The summed E-state index contributed by atoms with van der Waals surface area (Å²) in [5, 5.41) is 16.0. The fraction of sp³-hybridized carbons (Fsp3) is 0.0400. The number of hydrogen-bond acceptors (Lipinski definition) is 6. The van der Waals surface area contributed by atoms with Crippen LogP contribution in [0.4, 0.5) is 13.2 Å². The second-order valence-electron chi connectivity index (χ2n) is 13.4. The van der Waals surface area contributed by atoms with E-state index in [1.165, 1.54) is 6.07 Å². The summed E-state index contributed by atoms with van der Waals surface area (Å²) in [6.07, 6.45) is -1.70. The zero-order valence-electron chi connectivity index (χ0n) is 33.1. The second kappa shape index (κ2) is 21.1. The average Bonchev–Trinajstić information content (AvgIpc) is 3.30. The minimum atomic E-state index is -5.28. The van der Waals surface area contributed by atoms with Crippen molar-refractivity contribution in [1.29, 1.82) is 0 Å². The molecule has 6 nitrogen and oxygen atoms in total. The average molecular weight is 1010 g/mol. The van der Waals surface area contributed by atoms with Gasteiger partial charge in [0.05, 0.1) is 5.39 Å². The molecule has 1 aromatic heterocycles. The van der Waals surface area contributed by atoms with Crippen molar-refractivity contribution in [2.75, 3.05) is 0 Å². The van der Waals surface area contributed by atoms with Crippen molar-refractivity contribution in [3.63, 3.8) is 0 Å². The Labute approximate surface area is 388 Å². The van der Waals surface area contributed by atoms with Crippen LogP contribution in [0.5, 0.6) is 5.75 Å². The zero-order chi connectivity index (χ0) is 43.6. The molecule has 0 amide bonds. The summed E-state index contributed by atoms with van der Waals surface area (Å²) in [6, 6.07) is 57.9. The molecule has 8 aromatic rings. The van der Waals surface area contributed by atoms with Crippen molar-refractivity contribution >= 4 is 68.3 Å². The molecule has 62 heavy (non-hydrogen) atoms.